The van der Waals surface area contributed by atoms with Crippen LogP contribution in [0.4, 0.5) is 0 Å². The van der Waals surface area contributed by atoms with Gasteiger partial charge >= 0.3 is 0 Å². The Morgan fingerprint density at radius 1 is 0.361 bits per heavy atom. The van der Waals surface area contributed by atoms with Crippen LogP contribution in [0.2, 0.25) is 0 Å². The Bertz CT molecular complexity index is 1030. The van der Waals surface area contributed by atoms with Crippen molar-refractivity contribution in [3.8, 4) is 0 Å². The lowest BCUT2D eigenvalue weighted by molar-refractivity contribution is 0.358. The molecule has 0 bridgehead atoms. The lowest BCUT2D eigenvalue weighted by Gasteiger charge is -2.38. The minimum Gasteiger partial charge on any atom is -0.0622 e. The van der Waals surface area contributed by atoms with E-state index in [1.807, 2.05) is 0 Å². The first-order valence-corrected chi connectivity index (χ1v) is 16.5. The fourth-order valence-corrected chi connectivity index (χ4v) is 13.5. The van der Waals surface area contributed by atoms with Crippen LogP contribution < -0.4 is 21.2 Å². The summed E-state index contributed by atoms with van der Waals surface area (Å²) in [5.41, 5.74) is 1.58. The van der Waals surface area contributed by atoms with Crippen LogP contribution in [0.25, 0.3) is 0 Å². The molecule has 2 heteroatoms. The summed E-state index contributed by atoms with van der Waals surface area (Å²) in [6.45, 7) is 0. The summed E-state index contributed by atoms with van der Waals surface area (Å²) in [7, 11) is -0.694. The van der Waals surface area contributed by atoms with Crippen LogP contribution in [0.5, 0.6) is 0 Å². The van der Waals surface area contributed by atoms with Crippen LogP contribution in [-0.2, 0) is 0 Å². The zero-order chi connectivity index (χ0) is 24.2. The maximum absolute atomic E-state index is 2.40. The van der Waals surface area contributed by atoms with Gasteiger partial charge in [0.05, 0.1) is 0 Å². The van der Waals surface area contributed by atoms with Crippen LogP contribution in [-0.4, -0.2) is 11.3 Å². The van der Waals surface area contributed by atoms with E-state index in [0.717, 1.165) is 23.2 Å². The van der Waals surface area contributed by atoms with Gasteiger partial charge in [-0.25, -0.2) is 0 Å². The summed E-state index contributed by atoms with van der Waals surface area (Å²) in [6.07, 6.45) is 8.39. The summed E-state index contributed by atoms with van der Waals surface area (Å²) >= 11 is 0. The van der Waals surface area contributed by atoms with Gasteiger partial charge < -0.3 is 0 Å². The molecule has 36 heavy (non-hydrogen) atoms. The second-order valence-electron chi connectivity index (χ2n) is 10.4. The van der Waals surface area contributed by atoms with E-state index in [9.17, 15) is 0 Å². The Kier molecular flexibility index (Phi) is 7.65. The summed E-state index contributed by atoms with van der Waals surface area (Å²) < 4.78 is 0. The Morgan fingerprint density at radius 3 is 0.917 bits per heavy atom. The standard InChI is InChI=1S/C34H36P2/c1-5-15-27(16-6-1)35(28-17-7-2-8-18-28)33-25-13-23-31(33)32-24-14-26-34(32)36(29-19-9-3-10-20-29)30-21-11-4-12-22-30/h1-12,15-22,31-34H,13-14,23-26H2/t31?,32?,33-,34-/m1/s1. The lowest BCUT2D eigenvalue weighted by atomic mass is 9.89. The third-order valence-electron chi connectivity index (χ3n) is 8.41. The zero-order valence-electron chi connectivity index (χ0n) is 21.0. The van der Waals surface area contributed by atoms with Crippen molar-refractivity contribution < 1.29 is 0 Å². The summed E-state index contributed by atoms with van der Waals surface area (Å²) in [6, 6.07) is 45.9. The highest BCUT2D eigenvalue weighted by Gasteiger charge is 2.46. The monoisotopic (exact) mass is 506 g/mol. The molecule has 182 valence electrons. The van der Waals surface area contributed by atoms with Crippen molar-refractivity contribution >= 4 is 37.1 Å². The van der Waals surface area contributed by atoms with Crippen LogP contribution >= 0.6 is 15.8 Å². The van der Waals surface area contributed by atoms with E-state index in [4.69, 9.17) is 0 Å². The molecule has 0 spiro atoms. The molecule has 4 atom stereocenters. The van der Waals surface area contributed by atoms with Crippen molar-refractivity contribution in [2.45, 2.75) is 49.8 Å². The molecule has 2 unspecified atom stereocenters. The highest BCUT2D eigenvalue weighted by molar-refractivity contribution is 7.74. The molecular weight excluding hydrogens is 470 g/mol. The van der Waals surface area contributed by atoms with Crippen molar-refractivity contribution in [1.82, 2.24) is 0 Å². The molecular formula is C34H36P2. The highest BCUT2D eigenvalue weighted by atomic mass is 31.1. The number of rotatable bonds is 7. The van der Waals surface area contributed by atoms with E-state index in [0.29, 0.717) is 0 Å². The third-order valence-corrected chi connectivity index (χ3v) is 14.4. The number of hydrogen-bond acceptors (Lipinski definition) is 0. The van der Waals surface area contributed by atoms with Gasteiger partial charge in [0.25, 0.3) is 0 Å². The van der Waals surface area contributed by atoms with Gasteiger partial charge in [-0.2, -0.15) is 0 Å². The fraction of sp³-hybridized carbons (Fsp3) is 0.294. The van der Waals surface area contributed by atoms with Gasteiger partial charge in [0.2, 0.25) is 0 Å². The Morgan fingerprint density at radius 2 is 0.639 bits per heavy atom. The fourth-order valence-electron chi connectivity index (χ4n) is 7.00. The largest absolute Gasteiger partial charge is 0.0622 e. The molecule has 2 fully saturated rings. The smallest absolute Gasteiger partial charge is 0.00976 e. The molecule has 4 aromatic carbocycles. The summed E-state index contributed by atoms with van der Waals surface area (Å²) in [5, 5.41) is 6.27. The maximum atomic E-state index is 2.40. The quantitative estimate of drug-likeness (QED) is 0.227. The Balaban J connectivity index is 1.38. The third kappa shape index (κ3) is 4.96. The summed E-state index contributed by atoms with van der Waals surface area (Å²) in [4.78, 5) is 0. The van der Waals surface area contributed by atoms with E-state index in [-0.39, 0.29) is 15.8 Å². The van der Waals surface area contributed by atoms with Crippen molar-refractivity contribution in [2.75, 3.05) is 0 Å². The minimum absolute atomic E-state index is 0.347. The van der Waals surface area contributed by atoms with Gasteiger partial charge in [0.15, 0.2) is 0 Å². The lowest BCUT2D eigenvalue weighted by Crippen LogP contribution is -2.34. The molecule has 6 rings (SSSR count). The topological polar surface area (TPSA) is 0 Å². The van der Waals surface area contributed by atoms with Crippen molar-refractivity contribution in [3.63, 3.8) is 0 Å². The van der Waals surface area contributed by atoms with Gasteiger partial charge in [-0.3, -0.25) is 0 Å². The van der Waals surface area contributed by atoms with Crippen LogP contribution in [0.3, 0.4) is 0 Å². The van der Waals surface area contributed by atoms with E-state index >= 15 is 0 Å². The van der Waals surface area contributed by atoms with E-state index < -0.39 is 0 Å². The predicted molar refractivity (Wildman–Crippen MR) is 160 cm³/mol. The molecule has 0 saturated heterocycles. The first-order valence-electron chi connectivity index (χ1n) is 13.7. The van der Waals surface area contributed by atoms with Crippen LogP contribution in [0, 0.1) is 11.8 Å². The Hall–Kier alpha value is -2.26. The molecule has 2 saturated carbocycles. The minimum atomic E-state index is -0.347. The van der Waals surface area contributed by atoms with Crippen LogP contribution in [0.1, 0.15) is 38.5 Å². The molecule has 4 aromatic rings. The normalized spacial score (nSPS) is 23.9. The van der Waals surface area contributed by atoms with E-state index in [1.54, 1.807) is 21.2 Å². The second-order valence-corrected chi connectivity index (χ2v) is 15.3. The summed E-state index contributed by atoms with van der Waals surface area (Å²) in [5.74, 6) is 1.67. The van der Waals surface area contributed by atoms with Gasteiger partial charge in [-0.05, 0) is 85.9 Å². The molecule has 0 heterocycles. The zero-order valence-corrected chi connectivity index (χ0v) is 22.8. The van der Waals surface area contributed by atoms with Gasteiger partial charge in [0.1, 0.15) is 0 Å². The molecule has 0 nitrogen and oxygen atoms in total. The second kappa shape index (κ2) is 11.4. The van der Waals surface area contributed by atoms with Crippen LogP contribution in [0.15, 0.2) is 121 Å². The number of benzene rings is 4. The predicted octanol–water partition coefficient (Wildman–Crippen LogP) is 7.59. The molecule has 2 aliphatic carbocycles. The Labute approximate surface area is 219 Å². The first kappa shape index (κ1) is 24.1. The molecule has 0 aromatic heterocycles. The first-order chi connectivity index (χ1) is 17.9. The molecule has 0 radical (unpaired) electrons. The maximum Gasteiger partial charge on any atom is -0.00976 e. The van der Waals surface area contributed by atoms with E-state index in [2.05, 4.69) is 121 Å². The SMILES string of the molecule is c1ccc(P(c2ccccc2)[C@@H]2CCCC2C2CCC[C@H]2P(c2ccccc2)c2ccccc2)cc1. The van der Waals surface area contributed by atoms with Crippen molar-refractivity contribution in [3.05, 3.63) is 121 Å². The molecule has 0 N–H and O–H groups in total. The van der Waals surface area contributed by atoms with Crippen molar-refractivity contribution in [1.29, 1.82) is 0 Å². The molecule has 0 amide bonds. The molecule has 0 aliphatic heterocycles. The van der Waals surface area contributed by atoms with Crippen molar-refractivity contribution in [2.24, 2.45) is 11.8 Å². The average molecular weight is 507 g/mol. The average Bonchev–Trinajstić information content (AvgIpc) is 3.62. The molecule has 2 aliphatic rings. The van der Waals surface area contributed by atoms with Gasteiger partial charge in [0, 0.05) is 0 Å². The highest BCUT2D eigenvalue weighted by Crippen LogP contribution is 2.59. The van der Waals surface area contributed by atoms with Gasteiger partial charge in [-0.1, -0.05) is 134 Å². The number of hydrogen-bond donors (Lipinski definition) is 0. The van der Waals surface area contributed by atoms with E-state index in [1.165, 1.54) is 38.5 Å². The van der Waals surface area contributed by atoms with Gasteiger partial charge in [-0.15, -0.1) is 0 Å².